The normalized spacial score (nSPS) is 31.3. The van der Waals surface area contributed by atoms with Crippen LogP contribution in [0.2, 0.25) is 0 Å². The van der Waals surface area contributed by atoms with Gasteiger partial charge in [0.25, 0.3) is 0 Å². The Bertz CT molecular complexity index is 149. The zero-order chi connectivity index (χ0) is 8.32. The van der Waals surface area contributed by atoms with Crippen LogP contribution in [0.15, 0.2) is 12.2 Å². The van der Waals surface area contributed by atoms with Crippen LogP contribution in [0, 0.1) is 5.92 Å². The maximum absolute atomic E-state index is 5.55. The molecule has 0 bridgehead atoms. The largest absolute Gasteiger partial charge is 0.374 e. The van der Waals surface area contributed by atoms with Crippen molar-refractivity contribution in [2.24, 2.45) is 5.92 Å². The van der Waals surface area contributed by atoms with Crippen molar-refractivity contribution in [3.05, 3.63) is 12.2 Å². The standard InChI is InChI=1S/C10H18O/c1-9(2)10(11-3)7-5-4-6-8-10/h5,7,9H,4,6,8H2,1-3H3. The molecule has 11 heavy (non-hydrogen) atoms. The summed E-state index contributed by atoms with van der Waals surface area (Å²) in [6.07, 6.45) is 8.15. The average Bonchev–Trinajstić information content (AvgIpc) is 2.05. The highest BCUT2D eigenvalue weighted by atomic mass is 16.5. The smallest absolute Gasteiger partial charge is 0.0881 e. The molecule has 1 unspecified atom stereocenters. The molecule has 1 atom stereocenters. The van der Waals surface area contributed by atoms with Gasteiger partial charge in [-0.25, -0.2) is 0 Å². The molecule has 0 fully saturated rings. The molecule has 64 valence electrons. The highest BCUT2D eigenvalue weighted by Crippen LogP contribution is 2.32. The average molecular weight is 154 g/mol. The van der Waals surface area contributed by atoms with Gasteiger partial charge in [-0.15, -0.1) is 0 Å². The molecule has 1 nitrogen and oxygen atoms in total. The molecule has 0 heterocycles. The maximum atomic E-state index is 5.55. The quantitative estimate of drug-likeness (QED) is 0.556. The summed E-state index contributed by atoms with van der Waals surface area (Å²) in [5.41, 5.74) is 0.0399. The van der Waals surface area contributed by atoms with Crippen LogP contribution in [0.25, 0.3) is 0 Å². The SMILES string of the molecule is COC1(C(C)C)C=CCCC1. The lowest BCUT2D eigenvalue weighted by Crippen LogP contribution is -2.36. The van der Waals surface area contributed by atoms with E-state index in [2.05, 4.69) is 26.0 Å². The number of hydrogen-bond acceptors (Lipinski definition) is 1. The summed E-state index contributed by atoms with van der Waals surface area (Å²) in [5.74, 6) is 0.587. The van der Waals surface area contributed by atoms with Gasteiger partial charge in [0.15, 0.2) is 0 Å². The van der Waals surface area contributed by atoms with Crippen molar-refractivity contribution in [1.29, 1.82) is 0 Å². The summed E-state index contributed by atoms with van der Waals surface area (Å²) in [4.78, 5) is 0. The van der Waals surface area contributed by atoms with Crippen LogP contribution in [0.4, 0.5) is 0 Å². The van der Waals surface area contributed by atoms with Gasteiger partial charge in [0.1, 0.15) is 0 Å². The number of allylic oxidation sites excluding steroid dienone is 1. The molecule has 1 heteroatoms. The highest BCUT2D eigenvalue weighted by Gasteiger charge is 2.31. The van der Waals surface area contributed by atoms with Crippen molar-refractivity contribution < 1.29 is 4.74 Å². The highest BCUT2D eigenvalue weighted by molar-refractivity contribution is 5.07. The second-order valence-electron chi connectivity index (χ2n) is 3.61. The van der Waals surface area contributed by atoms with Crippen LogP contribution < -0.4 is 0 Å². The van der Waals surface area contributed by atoms with E-state index in [9.17, 15) is 0 Å². The van der Waals surface area contributed by atoms with Crippen LogP contribution in [-0.4, -0.2) is 12.7 Å². The first-order chi connectivity index (χ1) is 5.21. The molecule has 1 rings (SSSR count). The summed E-state index contributed by atoms with van der Waals surface area (Å²) in [6, 6.07) is 0. The third kappa shape index (κ3) is 1.64. The molecule has 0 saturated carbocycles. The van der Waals surface area contributed by atoms with Crippen LogP contribution in [-0.2, 0) is 4.74 Å². The molecule has 0 aliphatic heterocycles. The Morgan fingerprint density at radius 2 is 2.18 bits per heavy atom. The van der Waals surface area contributed by atoms with Crippen LogP contribution >= 0.6 is 0 Å². The van der Waals surface area contributed by atoms with Gasteiger partial charge in [-0.1, -0.05) is 26.0 Å². The van der Waals surface area contributed by atoms with Crippen molar-refractivity contribution in [3.8, 4) is 0 Å². The fraction of sp³-hybridized carbons (Fsp3) is 0.800. The molecule has 0 aromatic rings. The van der Waals surface area contributed by atoms with E-state index in [-0.39, 0.29) is 5.60 Å². The Labute approximate surface area is 69.4 Å². The maximum Gasteiger partial charge on any atom is 0.0881 e. The lowest BCUT2D eigenvalue weighted by molar-refractivity contribution is -0.0174. The molecule has 0 N–H and O–H groups in total. The van der Waals surface area contributed by atoms with E-state index in [1.165, 1.54) is 19.3 Å². The molecule has 0 saturated heterocycles. The molecule has 1 aliphatic rings. The summed E-state index contributed by atoms with van der Waals surface area (Å²) < 4.78 is 5.55. The lowest BCUT2D eigenvalue weighted by Gasteiger charge is -2.35. The summed E-state index contributed by atoms with van der Waals surface area (Å²) in [5, 5.41) is 0. The topological polar surface area (TPSA) is 9.23 Å². The molecule has 1 aliphatic carbocycles. The van der Waals surface area contributed by atoms with E-state index in [1.807, 2.05) is 7.11 Å². The number of rotatable bonds is 2. The van der Waals surface area contributed by atoms with Crippen LogP contribution in [0.5, 0.6) is 0 Å². The van der Waals surface area contributed by atoms with Crippen molar-refractivity contribution in [1.82, 2.24) is 0 Å². The minimum absolute atomic E-state index is 0.0399. The Morgan fingerprint density at radius 3 is 2.45 bits per heavy atom. The minimum Gasteiger partial charge on any atom is -0.374 e. The molecular formula is C10H18O. The van der Waals surface area contributed by atoms with E-state index >= 15 is 0 Å². The van der Waals surface area contributed by atoms with Crippen molar-refractivity contribution >= 4 is 0 Å². The van der Waals surface area contributed by atoms with Crippen LogP contribution in [0.1, 0.15) is 33.1 Å². The fourth-order valence-electron chi connectivity index (χ4n) is 1.75. The Morgan fingerprint density at radius 1 is 1.45 bits per heavy atom. The Kier molecular flexibility index (Phi) is 2.72. The summed E-state index contributed by atoms with van der Waals surface area (Å²) >= 11 is 0. The van der Waals surface area contributed by atoms with Gasteiger partial charge in [-0.3, -0.25) is 0 Å². The van der Waals surface area contributed by atoms with Crippen LogP contribution in [0.3, 0.4) is 0 Å². The fourth-order valence-corrected chi connectivity index (χ4v) is 1.75. The van der Waals surface area contributed by atoms with Gasteiger partial charge in [0, 0.05) is 7.11 Å². The van der Waals surface area contributed by atoms with Gasteiger partial charge in [0.2, 0.25) is 0 Å². The van der Waals surface area contributed by atoms with E-state index in [0.29, 0.717) is 5.92 Å². The summed E-state index contributed by atoms with van der Waals surface area (Å²) in [7, 11) is 1.82. The molecule has 0 radical (unpaired) electrons. The second kappa shape index (κ2) is 3.40. The minimum atomic E-state index is 0.0399. The lowest BCUT2D eigenvalue weighted by atomic mass is 9.82. The Balaban J connectivity index is 2.73. The van der Waals surface area contributed by atoms with E-state index in [0.717, 1.165) is 0 Å². The zero-order valence-corrected chi connectivity index (χ0v) is 7.76. The van der Waals surface area contributed by atoms with Gasteiger partial charge >= 0.3 is 0 Å². The zero-order valence-electron chi connectivity index (χ0n) is 7.76. The van der Waals surface area contributed by atoms with Gasteiger partial charge in [0.05, 0.1) is 5.60 Å². The van der Waals surface area contributed by atoms with Gasteiger partial charge < -0.3 is 4.74 Å². The molecule has 0 aromatic heterocycles. The molecule has 0 aromatic carbocycles. The molecular weight excluding hydrogens is 136 g/mol. The van der Waals surface area contributed by atoms with E-state index in [4.69, 9.17) is 4.74 Å². The Hall–Kier alpha value is -0.300. The molecule has 0 spiro atoms. The van der Waals surface area contributed by atoms with Crippen molar-refractivity contribution in [2.75, 3.05) is 7.11 Å². The third-order valence-corrected chi connectivity index (χ3v) is 2.70. The predicted molar refractivity (Wildman–Crippen MR) is 47.6 cm³/mol. The number of hydrogen-bond donors (Lipinski definition) is 0. The summed E-state index contributed by atoms with van der Waals surface area (Å²) in [6.45, 7) is 4.44. The third-order valence-electron chi connectivity index (χ3n) is 2.70. The van der Waals surface area contributed by atoms with E-state index in [1.54, 1.807) is 0 Å². The second-order valence-corrected chi connectivity index (χ2v) is 3.61. The number of ether oxygens (including phenoxy) is 1. The van der Waals surface area contributed by atoms with Gasteiger partial charge in [-0.2, -0.15) is 0 Å². The first kappa shape index (κ1) is 8.79. The molecule has 0 amide bonds. The van der Waals surface area contributed by atoms with E-state index < -0.39 is 0 Å². The van der Waals surface area contributed by atoms with Crippen molar-refractivity contribution in [2.45, 2.75) is 38.7 Å². The number of methoxy groups -OCH3 is 1. The first-order valence-electron chi connectivity index (χ1n) is 4.44. The van der Waals surface area contributed by atoms with Gasteiger partial charge in [-0.05, 0) is 25.2 Å². The predicted octanol–water partition coefficient (Wildman–Crippen LogP) is 2.77. The first-order valence-corrected chi connectivity index (χ1v) is 4.44. The monoisotopic (exact) mass is 154 g/mol. The van der Waals surface area contributed by atoms with Crippen molar-refractivity contribution in [3.63, 3.8) is 0 Å².